The second-order valence-corrected chi connectivity index (χ2v) is 6.89. The van der Waals surface area contributed by atoms with Crippen LogP contribution in [0.2, 0.25) is 0 Å². The summed E-state index contributed by atoms with van der Waals surface area (Å²) in [7, 11) is 0. The number of halogens is 3. The van der Waals surface area contributed by atoms with Crippen molar-refractivity contribution in [2.24, 2.45) is 0 Å². The lowest BCUT2D eigenvalue weighted by Crippen LogP contribution is -2.37. The molecule has 0 bridgehead atoms. The maximum Gasteiger partial charge on any atom is 0.417 e. The average molecular weight is 363 g/mol. The normalized spacial score (nSPS) is 14.5. The first-order valence-corrected chi connectivity index (χ1v) is 8.48. The number of carbonyl (C=O) groups excluding carboxylic acids is 1. The van der Waals surface area contributed by atoms with Crippen molar-refractivity contribution in [1.82, 2.24) is 4.90 Å². The van der Waals surface area contributed by atoms with Crippen LogP contribution in [0.3, 0.4) is 0 Å². The highest BCUT2D eigenvalue weighted by Crippen LogP contribution is 2.35. The van der Waals surface area contributed by atoms with Crippen molar-refractivity contribution in [2.75, 3.05) is 6.54 Å². The fourth-order valence-electron chi connectivity index (χ4n) is 3.24. The predicted molar refractivity (Wildman–Crippen MR) is 92.1 cm³/mol. The van der Waals surface area contributed by atoms with E-state index in [1.165, 1.54) is 4.90 Å². The second kappa shape index (κ2) is 6.67. The number of phenols is 1. The van der Waals surface area contributed by atoms with Crippen molar-refractivity contribution < 1.29 is 23.1 Å². The van der Waals surface area contributed by atoms with E-state index >= 15 is 0 Å². The van der Waals surface area contributed by atoms with Gasteiger partial charge in [-0.1, -0.05) is 32.0 Å². The van der Waals surface area contributed by atoms with Gasteiger partial charge in [0, 0.05) is 13.1 Å². The van der Waals surface area contributed by atoms with E-state index in [1.54, 1.807) is 0 Å². The van der Waals surface area contributed by atoms with Gasteiger partial charge in [0.2, 0.25) is 0 Å². The van der Waals surface area contributed by atoms with Crippen molar-refractivity contribution in [1.29, 1.82) is 0 Å². The quantitative estimate of drug-likeness (QED) is 0.838. The van der Waals surface area contributed by atoms with E-state index < -0.39 is 23.2 Å². The Kier molecular flexibility index (Phi) is 4.69. The molecule has 2 aromatic rings. The van der Waals surface area contributed by atoms with E-state index in [9.17, 15) is 23.1 Å². The maximum absolute atomic E-state index is 13.2. The third-order valence-electron chi connectivity index (χ3n) is 4.74. The first-order valence-electron chi connectivity index (χ1n) is 8.48. The van der Waals surface area contributed by atoms with Crippen LogP contribution >= 0.6 is 0 Å². The van der Waals surface area contributed by atoms with Gasteiger partial charge in [0.25, 0.3) is 5.91 Å². The molecule has 3 nitrogen and oxygen atoms in total. The van der Waals surface area contributed by atoms with Crippen LogP contribution in [0.4, 0.5) is 13.2 Å². The maximum atomic E-state index is 13.2. The fraction of sp³-hybridized carbons (Fsp3) is 0.350. The van der Waals surface area contributed by atoms with E-state index in [2.05, 4.69) is 19.9 Å². The summed E-state index contributed by atoms with van der Waals surface area (Å²) in [6.07, 6.45) is -4.06. The minimum atomic E-state index is -4.66. The molecule has 6 heteroatoms. The fourth-order valence-corrected chi connectivity index (χ4v) is 3.24. The number of hydrogen-bond acceptors (Lipinski definition) is 2. The summed E-state index contributed by atoms with van der Waals surface area (Å²) in [4.78, 5) is 14.2. The van der Waals surface area contributed by atoms with E-state index in [1.807, 2.05) is 12.1 Å². The molecule has 0 unspecified atom stereocenters. The molecule has 1 aliphatic rings. The predicted octanol–water partition coefficient (Wildman–Crippen LogP) is 4.73. The third kappa shape index (κ3) is 3.54. The van der Waals surface area contributed by atoms with Gasteiger partial charge in [-0.2, -0.15) is 13.2 Å². The van der Waals surface area contributed by atoms with Crippen molar-refractivity contribution in [3.8, 4) is 5.75 Å². The Morgan fingerprint density at radius 1 is 1.12 bits per heavy atom. The number of fused-ring (bicyclic) bond motifs is 1. The van der Waals surface area contributed by atoms with Crippen LogP contribution in [0.5, 0.6) is 5.75 Å². The van der Waals surface area contributed by atoms with Crippen molar-refractivity contribution in [2.45, 2.75) is 38.9 Å². The van der Waals surface area contributed by atoms with Crippen LogP contribution in [-0.4, -0.2) is 22.5 Å². The molecule has 1 amide bonds. The summed E-state index contributed by atoms with van der Waals surface area (Å²) in [6.45, 7) is 4.74. The summed E-state index contributed by atoms with van der Waals surface area (Å²) in [6, 6.07) is 8.69. The molecule has 0 fully saturated rings. The second-order valence-electron chi connectivity index (χ2n) is 6.89. The number of nitrogens with zero attached hydrogens (tertiary/aromatic N) is 1. The molecule has 0 radical (unpaired) electrons. The van der Waals surface area contributed by atoms with Gasteiger partial charge in [-0.05, 0) is 47.2 Å². The van der Waals surface area contributed by atoms with E-state index in [0.29, 0.717) is 18.9 Å². The topological polar surface area (TPSA) is 40.5 Å². The van der Waals surface area contributed by atoms with Gasteiger partial charge in [-0.3, -0.25) is 4.79 Å². The molecule has 0 aliphatic carbocycles. The van der Waals surface area contributed by atoms with E-state index in [0.717, 1.165) is 34.9 Å². The molecule has 0 saturated carbocycles. The minimum absolute atomic E-state index is 0.266. The summed E-state index contributed by atoms with van der Waals surface area (Å²) in [5.74, 6) is -0.746. The molecule has 2 aromatic carbocycles. The zero-order chi connectivity index (χ0) is 19.1. The number of rotatable bonds is 2. The van der Waals surface area contributed by atoms with Crippen LogP contribution in [0, 0.1) is 0 Å². The van der Waals surface area contributed by atoms with Crippen LogP contribution in [0.1, 0.15) is 52.4 Å². The first-order chi connectivity index (χ1) is 12.2. The number of hydrogen-bond donors (Lipinski definition) is 1. The van der Waals surface area contributed by atoms with Crippen molar-refractivity contribution in [3.05, 3.63) is 64.2 Å². The first kappa shape index (κ1) is 18.3. The van der Waals surface area contributed by atoms with Gasteiger partial charge >= 0.3 is 6.18 Å². The SMILES string of the molecule is CC(C)c1ccc2c(c1)CN(C(=O)c1cc(O)ccc1C(F)(F)F)CC2. The van der Waals surface area contributed by atoms with Crippen LogP contribution < -0.4 is 0 Å². The molecule has 138 valence electrons. The van der Waals surface area contributed by atoms with Gasteiger partial charge < -0.3 is 10.0 Å². The molecular formula is C20H20F3NO2. The van der Waals surface area contributed by atoms with Gasteiger partial charge in [0.05, 0.1) is 11.1 Å². The largest absolute Gasteiger partial charge is 0.508 e. The molecule has 1 heterocycles. The van der Waals surface area contributed by atoms with Crippen LogP contribution in [0.25, 0.3) is 0 Å². The summed E-state index contributed by atoms with van der Waals surface area (Å²) >= 11 is 0. The van der Waals surface area contributed by atoms with Crippen molar-refractivity contribution >= 4 is 5.91 Å². The lowest BCUT2D eigenvalue weighted by atomic mass is 9.93. The van der Waals surface area contributed by atoms with Gasteiger partial charge in [0.15, 0.2) is 0 Å². The average Bonchev–Trinajstić information content (AvgIpc) is 2.58. The monoisotopic (exact) mass is 363 g/mol. The smallest absolute Gasteiger partial charge is 0.417 e. The molecule has 0 aromatic heterocycles. The third-order valence-corrected chi connectivity index (χ3v) is 4.74. The summed E-state index contributed by atoms with van der Waals surface area (Å²) in [5.41, 5.74) is 1.67. The molecule has 3 rings (SSSR count). The van der Waals surface area contributed by atoms with E-state index in [4.69, 9.17) is 0 Å². The summed E-state index contributed by atoms with van der Waals surface area (Å²) in [5, 5.41) is 9.57. The Morgan fingerprint density at radius 2 is 1.85 bits per heavy atom. The Morgan fingerprint density at radius 3 is 2.50 bits per heavy atom. The summed E-state index contributed by atoms with van der Waals surface area (Å²) < 4.78 is 39.7. The number of alkyl halides is 3. The highest BCUT2D eigenvalue weighted by Gasteiger charge is 2.37. The Hall–Kier alpha value is -2.50. The highest BCUT2D eigenvalue weighted by molar-refractivity contribution is 5.96. The number of amides is 1. The number of benzene rings is 2. The molecule has 1 N–H and O–H groups in total. The zero-order valence-electron chi connectivity index (χ0n) is 14.6. The molecule has 26 heavy (non-hydrogen) atoms. The molecule has 1 aliphatic heterocycles. The van der Waals surface area contributed by atoms with Gasteiger partial charge in [-0.25, -0.2) is 0 Å². The minimum Gasteiger partial charge on any atom is -0.508 e. The number of carbonyl (C=O) groups is 1. The molecule has 0 saturated heterocycles. The lowest BCUT2D eigenvalue weighted by molar-refractivity contribution is -0.138. The lowest BCUT2D eigenvalue weighted by Gasteiger charge is -2.30. The van der Waals surface area contributed by atoms with Crippen LogP contribution in [0.15, 0.2) is 36.4 Å². The molecule has 0 spiro atoms. The molecule has 0 atom stereocenters. The van der Waals surface area contributed by atoms with E-state index in [-0.39, 0.29) is 12.3 Å². The molecular weight excluding hydrogens is 343 g/mol. The number of aromatic hydroxyl groups is 1. The standard InChI is InChI=1S/C20H20F3NO2/c1-12(2)14-4-3-13-7-8-24(11-15(13)9-14)19(26)17-10-16(25)5-6-18(17)20(21,22)23/h3-6,9-10,12,25H,7-8,11H2,1-2H3. The Balaban J connectivity index is 1.93. The van der Waals surface area contributed by atoms with Crippen molar-refractivity contribution in [3.63, 3.8) is 0 Å². The van der Waals surface area contributed by atoms with Gasteiger partial charge in [0.1, 0.15) is 5.75 Å². The Bertz CT molecular complexity index is 843. The highest BCUT2D eigenvalue weighted by atomic mass is 19.4. The van der Waals surface area contributed by atoms with Gasteiger partial charge in [-0.15, -0.1) is 0 Å². The van der Waals surface area contributed by atoms with Crippen LogP contribution in [-0.2, 0) is 19.1 Å². The zero-order valence-corrected chi connectivity index (χ0v) is 14.6. The number of phenolic OH excluding ortho intramolecular Hbond substituents is 1. The Labute approximate surface area is 150 Å².